The van der Waals surface area contributed by atoms with Gasteiger partial charge in [-0.1, -0.05) is 45.0 Å². The Balaban J connectivity index is 1.71. The average Bonchev–Trinajstić information content (AvgIpc) is 2.67. The number of rotatable bonds is 5. The predicted octanol–water partition coefficient (Wildman–Crippen LogP) is 4.40. The maximum absolute atomic E-state index is 12.7. The zero-order chi connectivity index (χ0) is 21.2. The summed E-state index contributed by atoms with van der Waals surface area (Å²) >= 11 is 0. The fourth-order valence-electron chi connectivity index (χ4n) is 4.02. The largest absolute Gasteiger partial charge is 0.374 e. The van der Waals surface area contributed by atoms with Gasteiger partial charge in [0.15, 0.2) is 0 Å². The van der Waals surface area contributed by atoms with E-state index in [9.17, 15) is 4.79 Å². The number of aryl methyl sites for hydroxylation is 1. The van der Waals surface area contributed by atoms with E-state index in [0.29, 0.717) is 12.1 Å². The number of hydrogen-bond acceptors (Lipinski definition) is 3. The van der Waals surface area contributed by atoms with Crippen LogP contribution in [0.15, 0.2) is 42.5 Å². The highest BCUT2D eigenvalue weighted by atomic mass is 16.1. The average molecular weight is 394 g/mol. The molecule has 1 heterocycles. The number of fused-ring (bicyclic) bond motifs is 1. The monoisotopic (exact) mass is 393 g/mol. The Bertz CT molecular complexity index is 849. The van der Waals surface area contributed by atoms with E-state index >= 15 is 0 Å². The quantitative estimate of drug-likeness (QED) is 0.818. The Kier molecular flexibility index (Phi) is 6.33. The Hall–Kier alpha value is -2.33. The van der Waals surface area contributed by atoms with E-state index in [-0.39, 0.29) is 17.4 Å². The zero-order valence-electron chi connectivity index (χ0n) is 18.7. The van der Waals surface area contributed by atoms with Crippen LogP contribution in [0.25, 0.3) is 0 Å². The van der Waals surface area contributed by atoms with Crippen LogP contribution in [0.5, 0.6) is 0 Å². The summed E-state index contributed by atoms with van der Waals surface area (Å²) in [4.78, 5) is 17.2. The molecule has 29 heavy (non-hydrogen) atoms. The van der Waals surface area contributed by atoms with Crippen molar-refractivity contribution in [3.05, 3.63) is 64.7 Å². The summed E-state index contributed by atoms with van der Waals surface area (Å²) in [7, 11) is 6.30. The molecule has 2 aromatic carbocycles. The van der Waals surface area contributed by atoms with Gasteiger partial charge in [-0.3, -0.25) is 4.79 Å². The van der Waals surface area contributed by atoms with Gasteiger partial charge in [0, 0.05) is 31.4 Å². The van der Waals surface area contributed by atoms with E-state index in [1.54, 1.807) is 0 Å². The molecule has 1 amide bonds. The molecule has 1 N–H and O–H groups in total. The third kappa shape index (κ3) is 4.99. The van der Waals surface area contributed by atoms with Gasteiger partial charge < -0.3 is 15.1 Å². The number of amides is 1. The van der Waals surface area contributed by atoms with Gasteiger partial charge in [-0.2, -0.15) is 0 Å². The van der Waals surface area contributed by atoms with E-state index in [2.05, 4.69) is 87.4 Å². The van der Waals surface area contributed by atoms with Crippen molar-refractivity contribution in [3.8, 4) is 0 Å². The molecule has 0 saturated heterocycles. The third-order valence-corrected chi connectivity index (χ3v) is 5.93. The topological polar surface area (TPSA) is 35.6 Å². The minimum absolute atomic E-state index is 0.0185. The van der Waals surface area contributed by atoms with Crippen molar-refractivity contribution >= 4 is 11.6 Å². The molecular weight excluding hydrogens is 358 g/mol. The highest BCUT2D eigenvalue weighted by Gasteiger charge is 2.20. The van der Waals surface area contributed by atoms with Crippen LogP contribution in [0, 0.1) is 0 Å². The van der Waals surface area contributed by atoms with E-state index in [1.807, 2.05) is 12.1 Å². The molecule has 4 heteroatoms. The van der Waals surface area contributed by atoms with E-state index in [4.69, 9.17) is 0 Å². The molecule has 4 nitrogen and oxygen atoms in total. The molecule has 1 aliphatic heterocycles. The first-order valence-electron chi connectivity index (χ1n) is 10.6. The number of hydrogen-bond donors (Lipinski definition) is 1. The highest BCUT2D eigenvalue weighted by Crippen LogP contribution is 2.30. The van der Waals surface area contributed by atoms with Gasteiger partial charge >= 0.3 is 0 Å². The summed E-state index contributed by atoms with van der Waals surface area (Å²) in [6, 6.07) is 14.9. The summed E-state index contributed by atoms with van der Waals surface area (Å²) in [5.41, 5.74) is 6.04. The summed E-state index contributed by atoms with van der Waals surface area (Å²) in [6.45, 7) is 8.25. The first kappa shape index (κ1) is 21.4. The maximum atomic E-state index is 12.7. The van der Waals surface area contributed by atoms with Crippen LogP contribution in [-0.4, -0.2) is 45.0 Å². The standard InChI is InChI=1S/C25H35N3O/c1-25(2,3)21-12-9-18(10-13-21)24(29)26-17-23(27(4)5)20-11-14-22-19(16-20)8-7-15-28(22)6/h9-14,16,23H,7-8,15,17H2,1-6H3,(H,26,29)/t23-/m1/s1. The molecule has 0 bridgehead atoms. The normalized spacial score (nSPS) is 15.2. The molecule has 0 radical (unpaired) electrons. The predicted molar refractivity (Wildman–Crippen MR) is 122 cm³/mol. The molecule has 0 saturated carbocycles. The first-order chi connectivity index (χ1) is 13.7. The van der Waals surface area contributed by atoms with Gasteiger partial charge in [-0.05, 0) is 67.2 Å². The number of carbonyl (C=O) groups is 1. The Labute approximate surface area is 175 Å². The lowest BCUT2D eigenvalue weighted by molar-refractivity contribution is 0.0942. The van der Waals surface area contributed by atoms with E-state index < -0.39 is 0 Å². The maximum Gasteiger partial charge on any atom is 0.251 e. The SMILES string of the molecule is CN1CCCc2cc([C@@H](CNC(=O)c3ccc(C(C)(C)C)cc3)N(C)C)ccc21. The van der Waals surface area contributed by atoms with E-state index in [0.717, 1.165) is 13.0 Å². The zero-order valence-corrected chi connectivity index (χ0v) is 18.7. The minimum atomic E-state index is -0.0185. The summed E-state index contributed by atoms with van der Waals surface area (Å²) in [5, 5.41) is 3.13. The highest BCUT2D eigenvalue weighted by molar-refractivity contribution is 5.94. The van der Waals surface area contributed by atoms with Gasteiger partial charge in [0.25, 0.3) is 5.91 Å². The van der Waals surface area contributed by atoms with Crippen LogP contribution in [0.4, 0.5) is 5.69 Å². The van der Waals surface area contributed by atoms with Crippen LogP contribution >= 0.6 is 0 Å². The van der Waals surface area contributed by atoms with Gasteiger partial charge in [-0.15, -0.1) is 0 Å². The van der Waals surface area contributed by atoms with Crippen molar-refractivity contribution in [1.29, 1.82) is 0 Å². The number of likely N-dealkylation sites (N-methyl/N-ethyl adjacent to an activating group) is 1. The molecule has 0 fully saturated rings. The second kappa shape index (κ2) is 8.58. The first-order valence-corrected chi connectivity index (χ1v) is 10.6. The second-order valence-corrected chi connectivity index (χ2v) is 9.43. The lowest BCUT2D eigenvalue weighted by Gasteiger charge is -2.30. The summed E-state index contributed by atoms with van der Waals surface area (Å²) in [6.07, 6.45) is 2.32. The van der Waals surface area contributed by atoms with Gasteiger partial charge in [-0.25, -0.2) is 0 Å². The molecule has 1 atom stereocenters. The summed E-state index contributed by atoms with van der Waals surface area (Å²) < 4.78 is 0. The molecule has 0 unspecified atom stereocenters. The smallest absolute Gasteiger partial charge is 0.251 e. The van der Waals surface area contributed by atoms with Crippen molar-refractivity contribution in [2.45, 2.75) is 45.1 Å². The molecule has 2 aromatic rings. The molecule has 156 valence electrons. The van der Waals surface area contributed by atoms with Crippen molar-refractivity contribution in [2.75, 3.05) is 39.1 Å². The van der Waals surface area contributed by atoms with E-state index in [1.165, 1.54) is 28.8 Å². The minimum Gasteiger partial charge on any atom is -0.374 e. The number of anilines is 1. The lowest BCUT2D eigenvalue weighted by Crippen LogP contribution is -2.35. The second-order valence-electron chi connectivity index (χ2n) is 9.43. The molecule has 0 aliphatic carbocycles. The van der Waals surface area contributed by atoms with Gasteiger partial charge in [0.05, 0.1) is 6.04 Å². The van der Waals surface area contributed by atoms with Crippen LogP contribution in [0.2, 0.25) is 0 Å². The fraction of sp³-hybridized carbons (Fsp3) is 0.480. The Morgan fingerprint density at radius 1 is 1.14 bits per heavy atom. The van der Waals surface area contributed by atoms with Crippen LogP contribution in [0.1, 0.15) is 60.3 Å². The molecule has 1 aliphatic rings. The molecule has 3 rings (SSSR count). The van der Waals surface area contributed by atoms with Gasteiger partial charge in [0.2, 0.25) is 0 Å². The lowest BCUT2D eigenvalue weighted by atomic mass is 9.86. The third-order valence-electron chi connectivity index (χ3n) is 5.93. The van der Waals surface area contributed by atoms with Crippen LogP contribution < -0.4 is 10.2 Å². The van der Waals surface area contributed by atoms with Gasteiger partial charge in [0.1, 0.15) is 0 Å². The van der Waals surface area contributed by atoms with Crippen molar-refractivity contribution in [2.24, 2.45) is 0 Å². The van der Waals surface area contributed by atoms with Crippen LogP contribution in [0.3, 0.4) is 0 Å². The van der Waals surface area contributed by atoms with Crippen LogP contribution in [-0.2, 0) is 11.8 Å². The van der Waals surface area contributed by atoms with Crippen molar-refractivity contribution in [1.82, 2.24) is 10.2 Å². The molecule has 0 aromatic heterocycles. The number of benzene rings is 2. The number of carbonyl (C=O) groups excluding carboxylic acids is 1. The van der Waals surface area contributed by atoms with Crippen molar-refractivity contribution in [3.63, 3.8) is 0 Å². The molecular formula is C25H35N3O. The van der Waals surface area contributed by atoms with Crippen molar-refractivity contribution < 1.29 is 4.79 Å². The molecule has 0 spiro atoms. The Morgan fingerprint density at radius 2 is 1.83 bits per heavy atom. The Morgan fingerprint density at radius 3 is 2.45 bits per heavy atom. The number of nitrogens with one attached hydrogen (secondary N) is 1. The fourth-order valence-corrected chi connectivity index (χ4v) is 4.02. The summed E-state index contributed by atoms with van der Waals surface area (Å²) in [5.74, 6) is -0.0185. The number of nitrogens with zero attached hydrogens (tertiary/aromatic N) is 2.